The van der Waals surface area contributed by atoms with Crippen molar-refractivity contribution in [3.63, 3.8) is 0 Å². The zero-order valence-corrected chi connectivity index (χ0v) is 15.8. The van der Waals surface area contributed by atoms with E-state index in [0.717, 1.165) is 19.2 Å². The van der Waals surface area contributed by atoms with Gasteiger partial charge in [-0.15, -0.1) is 0 Å². The monoisotopic (exact) mass is 313 g/mol. The molecule has 1 aromatic carbocycles. The van der Waals surface area contributed by atoms with Gasteiger partial charge in [0.25, 0.3) is 0 Å². The molecule has 2 nitrogen and oxygen atoms in total. The molecule has 108 valence electrons. The zero-order chi connectivity index (χ0) is 14.5. The molecule has 0 spiro atoms. The Bertz CT molecular complexity index is 411. The van der Waals surface area contributed by atoms with Gasteiger partial charge in [-0.3, -0.25) is 0 Å². The van der Waals surface area contributed by atoms with Gasteiger partial charge in [0.05, 0.1) is 5.75 Å². The molecule has 0 unspecified atom stereocenters. The number of rotatable bonds is 7. The molecule has 0 atom stereocenters. The average molecular weight is 313 g/mol. The third-order valence-electron chi connectivity index (χ3n) is 3.08. The first-order chi connectivity index (χ1) is 8.88. The van der Waals surface area contributed by atoms with Gasteiger partial charge in [0.15, 0.2) is 0 Å². The van der Waals surface area contributed by atoms with Crippen LogP contribution in [0.2, 0.25) is 0 Å². The molecule has 0 saturated heterocycles. The third kappa shape index (κ3) is 6.49. The molecule has 0 amide bonds. The summed E-state index contributed by atoms with van der Waals surface area (Å²) in [6, 6.07) is 4.19. The van der Waals surface area contributed by atoms with Crippen LogP contribution >= 0.6 is 0 Å². The Labute approximate surface area is 161 Å². The number of halogens is 3. The number of benzene rings is 1. The van der Waals surface area contributed by atoms with Crippen molar-refractivity contribution < 1.29 is 69.1 Å². The number of aryl methyl sites for hydroxylation is 1. The Balaban J connectivity index is 0.00000361. The minimum atomic E-state index is -5.04. The van der Waals surface area contributed by atoms with E-state index >= 15 is 0 Å². The van der Waals surface area contributed by atoms with E-state index < -0.39 is 12.4 Å². The molecular weight excluding hydrogens is 293 g/mol. The molecule has 20 heavy (non-hydrogen) atoms. The zero-order valence-electron chi connectivity index (χ0n) is 12.6. The van der Waals surface area contributed by atoms with Crippen LogP contribution in [-0.2, 0) is 0 Å². The van der Waals surface area contributed by atoms with E-state index in [1.807, 2.05) is 13.8 Å². The van der Waals surface area contributed by atoms with Crippen molar-refractivity contribution in [3.8, 4) is 5.75 Å². The van der Waals surface area contributed by atoms with Crippen molar-refractivity contribution in [3.05, 3.63) is 23.8 Å². The SMILES string of the molecule is CCN(CC)CCOc1ccc(C)cc1[B-](F)(F)F.[K+]. The smallest absolute Gasteiger partial charge is 0.495 e. The molecule has 0 aliphatic carbocycles. The summed E-state index contributed by atoms with van der Waals surface area (Å²) >= 11 is 0. The maximum atomic E-state index is 12.9. The van der Waals surface area contributed by atoms with Gasteiger partial charge in [-0.05, 0) is 26.1 Å². The Morgan fingerprint density at radius 3 is 2.25 bits per heavy atom. The van der Waals surface area contributed by atoms with Crippen LogP contribution in [0, 0.1) is 6.92 Å². The van der Waals surface area contributed by atoms with Crippen LogP contribution in [0.5, 0.6) is 5.75 Å². The van der Waals surface area contributed by atoms with E-state index in [2.05, 4.69) is 4.90 Å². The summed E-state index contributed by atoms with van der Waals surface area (Å²) in [6.07, 6.45) is 0. The van der Waals surface area contributed by atoms with Crippen LogP contribution in [-0.4, -0.2) is 38.1 Å². The summed E-state index contributed by atoms with van der Waals surface area (Å²) in [5, 5.41) is 0. The average Bonchev–Trinajstić information content (AvgIpc) is 2.35. The minimum absolute atomic E-state index is 0. The molecule has 0 fully saturated rings. The van der Waals surface area contributed by atoms with Gasteiger partial charge >= 0.3 is 58.4 Å². The van der Waals surface area contributed by atoms with Crippen LogP contribution in [0.15, 0.2) is 18.2 Å². The van der Waals surface area contributed by atoms with E-state index in [9.17, 15) is 12.9 Å². The van der Waals surface area contributed by atoms with E-state index in [1.54, 1.807) is 13.0 Å². The number of hydrogen-bond donors (Lipinski definition) is 0. The van der Waals surface area contributed by atoms with Gasteiger partial charge in [-0.1, -0.05) is 37.0 Å². The van der Waals surface area contributed by atoms with E-state index in [1.165, 1.54) is 6.07 Å². The maximum Gasteiger partial charge on any atom is 1.00 e. The number of likely N-dealkylation sites (N-methyl/N-ethyl adjacent to an activating group) is 1. The van der Waals surface area contributed by atoms with Crippen LogP contribution in [0.1, 0.15) is 19.4 Å². The molecule has 1 aromatic rings. The van der Waals surface area contributed by atoms with Gasteiger partial charge in [0, 0.05) is 6.54 Å². The van der Waals surface area contributed by atoms with E-state index in [0.29, 0.717) is 12.1 Å². The largest absolute Gasteiger partial charge is 1.00 e. The first kappa shape index (κ1) is 20.5. The summed E-state index contributed by atoms with van der Waals surface area (Å²) in [5.41, 5.74) is -0.0511. The standard InChI is InChI=1S/C13H20BF3NO.K/c1-4-18(5-2)8-9-19-13-7-6-11(3)10-12(13)14(15,16)17;/h6-7,10H,4-5,8-9H2,1-3H3;/q-1;+1. The maximum absolute atomic E-state index is 12.9. The third-order valence-corrected chi connectivity index (χ3v) is 3.08. The molecule has 0 N–H and O–H groups in total. The normalized spacial score (nSPS) is 11.3. The molecule has 0 saturated carbocycles. The first-order valence-corrected chi connectivity index (χ1v) is 6.54. The summed E-state index contributed by atoms with van der Waals surface area (Å²) in [4.78, 5) is 2.10. The molecule has 0 bridgehead atoms. The molecule has 0 aliphatic heterocycles. The Hall–Kier alpha value is 0.471. The fraction of sp³-hybridized carbons (Fsp3) is 0.538. The van der Waals surface area contributed by atoms with Crippen molar-refractivity contribution in [1.29, 1.82) is 0 Å². The minimum Gasteiger partial charge on any atom is -0.495 e. The van der Waals surface area contributed by atoms with Crippen LogP contribution in [0.3, 0.4) is 0 Å². The second-order valence-electron chi connectivity index (χ2n) is 4.49. The fourth-order valence-corrected chi connectivity index (χ4v) is 1.88. The van der Waals surface area contributed by atoms with Crippen molar-refractivity contribution in [2.45, 2.75) is 20.8 Å². The number of hydrogen-bond acceptors (Lipinski definition) is 2. The van der Waals surface area contributed by atoms with Gasteiger partial charge in [-0.25, -0.2) is 0 Å². The fourth-order valence-electron chi connectivity index (χ4n) is 1.88. The van der Waals surface area contributed by atoms with Crippen molar-refractivity contribution in [2.75, 3.05) is 26.2 Å². The first-order valence-electron chi connectivity index (χ1n) is 6.54. The summed E-state index contributed by atoms with van der Waals surface area (Å²) < 4.78 is 44.1. The molecule has 0 aromatic heterocycles. The molecule has 0 heterocycles. The Morgan fingerprint density at radius 1 is 1.15 bits per heavy atom. The molecule has 7 heteroatoms. The second-order valence-corrected chi connectivity index (χ2v) is 4.49. The topological polar surface area (TPSA) is 12.5 Å². The van der Waals surface area contributed by atoms with E-state index in [4.69, 9.17) is 4.74 Å². The van der Waals surface area contributed by atoms with Gasteiger partial charge in [-0.2, -0.15) is 0 Å². The Kier molecular flexibility index (Phi) is 9.70. The quantitative estimate of drug-likeness (QED) is 0.645. The predicted molar refractivity (Wildman–Crippen MR) is 73.2 cm³/mol. The molecular formula is C13H20BF3KNO. The van der Waals surface area contributed by atoms with Gasteiger partial charge in [0.1, 0.15) is 6.61 Å². The second kappa shape index (κ2) is 9.48. The van der Waals surface area contributed by atoms with Crippen molar-refractivity contribution in [2.24, 2.45) is 0 Å². The van der Waals surface area contributed by atoms with E-state index in [-0.39, 0.29) is 63.7 Å². The number of nitrogens with zero attached hydrogens (tertiary/aromatic N) is 1. The van der Waals surface area contributed by atoms with Crippen molar-refractivity contribution in [1.82, 2.24) is 4.90 Å². The number of ether oxygens (including phenoxy) is 1. The summed E-state index contributed by atoms with van der Waals surface area (Å²) in [5.74, 6) is -0.0646. The predicted octanol–water partition coefficient (Wildman–Crippen LogP) is -0.226. The van der Waals surface area contributed by atoms with Gasteiger partial charge < -0.3 is 22.6 Å². The van der Waals surface area contributed by atoms with Gasteiger partial charge in [0.2, 0.25) is 0 Å². The molecule has 0 aliphatic rings. The van der Waals surface area contributed by atoms with Crippen molar-refractivity contribution >= 4 is 12.4 Å². The molecule has 0 radical (unpaired) electrons. The summed E-state index contributed by atoms with van der Waals surface area (Å²) in [7, 11) is 0. The van der Waals surface area contributed by atoms with Crippen LogP contribution < -0.4 is 61.6 Å². The van der Waals surface area contributed by atoms with Crippen LogP contribution in [0.4, 0.5) is 12.9 Å². The Morgan fingerprint density at radius 2 is 1.75 bits per heavy atom. The molecule has 1 rings (SSSR count). The van der Waals surface area contributed by atoms with Crippen LogP contribution in [0.25, 0.3) is 0 Å². The summed E-state index contributed by atoms with van der Waals surface area (Å²) in [6.45, 7) is 3.26.